The summed E-state index contributed by atoms with van der Waals surface area (Å²) in [4.78, 5) is 81.8. The van der Waals surface area contributed by atoms with Gasteiger partial charge in [-0.3, -0.25) is 38.6 Å². The lowest BCUT2D eigenvalue weighted by molar-refractivity contribution is -0.124. The average molecular weight is 927 g/mol. The molecule has 0 bridgehead atoms. The van der Waals surface area contributed by atoms with E-state index in [4.69, 9.17) is 28.4 Å². The molecule has 0 atom stereocenters. The Hall–Kier alpha value is -8.06. The molecule has 68 heavy (non-hydrogen) atoms. The summed E-state index contributed by atoms with van der Waals surface area (Å²) in [6, 6.07) is 23.2. The molecule has 2 aliphatic heterocycles. The Kier molecular flexibility index (Phi) is 17.2. The second-order valence-electron chi connectivity index (χ2n) is 15.3. The molecule has 4 aromatic carbocycles. The number of fused-ring (bicyclic) bond motifs is 4. The first-order valence-electron chi connectivity index (χ1n) is 22.0. The molecule has 0 radical (unpaired) electrons. The number of rotatable bonds is 6. The minimum absolute atomic E-state index is 0.0948. The second-order valence-corrected chi connectivity index (χ2v) is 15.3. The summed E-state index contributed by atoms with van der Waals surface area (Å²) in [7, 11) is 0. The molecule has 0 saturated heterocycles. The third-order valence-electron chi connectivity index (χ3n) is 10.6. The van der Waals surface area contributed by atoms with Gasteiger partial charge in [0.25, 0.3) is 23.6 Å². The van der Waals surface area contributed by atoms with Crippen LogP contribution >= 0.6 is 0 Å². The van der Waals surface area contributed by atoms with E-state index in [1.165, 1.54) is 0 Å². The van der Waals surface area contributed by atoms with E-state index in [1.807, 2.05) is 9.80 Å². The van der Waals surface area contributed by atoms with Crippen molar-refractivity contribution >= 4 is 35.2 Å². The lowest BCUT2D eigenvalue weighted by Crippen LogP contribution is -2.41. The van der Waals surface area contributed by atoms with Crippen LogP contribution in [0.15, 0.2) is 84.9 Å². The summed E-state index contributed by atoms with van der Waals surface area (Å²) in [5.41, 5.74) is 0.586. The zero-order chi connectivity index (χ0) is 47.5. The van der Waals surface area contributed by atoms with Crippen molar-refractivity contribution in [2.75, 3.05) is 105 Å². The van der Waals surface area contributed by atoms with Crippen LogP contribution in [-0.2, 0) is 19.2 Å². The lowest BCUT2D eigenvalue weighted by atomic mass is 9.83. The molecule has 0 spiro atoms. The van der Waals surface area contributed by atoms with Crippen LogP contribution in [0.2, 0.25) is 0 Å². The van der Waals surface area contributed by atoms with Gasteiger partial charge in [0.15, 0.2) is 55.2 Å². The number of ether oxygens (including phenoxy) is 6. The molecule has 0 unspecified atom stereocenters. The van der Waals surface area contributed by atoms with Crippen LogP contribution in [0.4, 0.5) is 0 Å². The maximum Gasteiger partial charge on any atom is 0.257 e. The van der Waals surface area contributed by atoms with Crippen LogP contribution in [0.3, 0.4) is 0 Å². The molecule has 2 heterocycles. The van der Waals surface area contributed by atoms with Crippen LogP contribution in [0.5, 0.6) is 34.5 Å². The van der Waals surface area contributed by atoms with Crippen molar-refractivity contribution in [1.29, 1.82) is 0 Å². The van der Waals surface area contributed by atoms with Gasteiger partial charge in [-0.1, -0.05) is 72.2 Å². The van der Waals surface area contributed by atoms with Gasteiger partial charge in [-0.05, 0) is 36.4 Å². The van der Waals surface area contributed by atoms with Gasteiger partial charge >= 0.3 is 0 Å². The molecule has 18 nitrogen and oxygen atoms in total. The van der Waals surface area contributed by atoms with Crippen molar-refractivity contribution in [3.8, 4) is 58.2 Å². The van der Waals surface area contributed by atoms with E-state index in [0.717, 1.165) is 0 Å². The minimum atomic E-state index is -0.447. The largest absolute Gasteiger partial charge is 0.480 e. The summed E-state index contributed by atoms with van der Waals surface area (Å²) in [5.74, 6) is 11.8. The Morgan fingerprint density at radius 2 is 0.765 bits per heavy atom. The normalized spacial score (nSPS) is 16.5. The number of hydrogen-bond acceptors (Lipinski definition) is 14. The molecule has 18 heteroatoms. The Balaban J connectivity index is 0.926. The molecule has 0 aromatic heterocycles. The van der Waals surface area contributed by atoms with Crippen molar-refractivity contribution in [3.63, 3.8) is 0 Å². The van der Waals surface area contributed by atoms with E-state index in [0.29, 0.717) is 75.4 Å². The fourth-order valence-electron chi connectivity index (χ4n) is 7.19. The third-order valence-corrected chi connectivity index (χ3v) is 10.6. The Labute approximate surface area is 392 Å². The SMILES string of the molecule is O=C1COc2ccccc2OCC(=O)NCCN(CC#CCOc2cccc3c2C(=O)c2c(OCC#CCN4CCNC(=O)COc5ccccc5OCC(=O)NCC4)cccc2C3=O)CCN1. The summed E-state index contributed by atoms with van der Waals surface area (Å²) in [6.45, 7) is 2.46. The first-order valence-corrected chi connectivity index (χ1v) is 22.0. The van der Waals surface area contributed by atoms with Gasteiger partial charge < -0.3 is 49.7 Å². The second kappa shape index (κ2) is 24.5. The van der Waals surface area contributed by atoms with E-state index < -0.39 is 5.78 Å². The highest BCUT2D eigenvalue weighted by atomic mass is 16.5. The molecule has 7 rings (SSSR count). The lowest BCUT2D eigenvalue weighted by Gasteiger charge is -2.22. The predicted octanol–water partition coefficient (Wildman–Crippen LogP) is 1.24. The van der Waals surface area contributed by atoms with Gasteiger partial charge in [-0.15, -0.1) is 0 Å². The van der Waals surface area contributed by atoms with Gasteiger partial charge in [0.05, 0.1) is 24.2 Å². The maximum atomic E-state index is 14.2. The summed E-state index contributed by atoms with van der Waals surface area (Å²) < 4.78 is 34.5. The van der Waals surface area contributed by atoms with E-state index in [1.54, 1.807) is 84.9 Å². The third kappa shape index (κ3) is 13.5. The number of carbonyl (C=O) groups excluding carboxylic acids is 6. The topological polar surface area (TPSA) is 212 Å². The first kappa shape index (κ1) is 47.9. The number of nitrogens with one attached hydrogen (secondary N) is 4. The van der Waals surface area contributed by atoms with Crippen molar-refractivity contribution in [3.05, 3.63) is 107 Å². The summed E-state index contributed by atoms with van der Waals surface area (Å²) in [6.07, 6.45) is 0. The molecule has 1 aliphatic carbocycles. The Bertz CT molecular complexity index is 2370. The van der Waals surface area contributed by atoms with Crippen molar-refractivity contribution in [1.82, 2.24) is 31.1 Å². The first-order chi connectivity index (χ1) is 33.2. The summed E-state index contributed by atoms with van der Waals surface area (Å²) in [5, 5.41) is 11.3. The Morgan fingerprint density at radius 3 is 1.10 bits per heavy atom. The van der Waals surface area contributed by atoms with Gasteiger partial charge in [-0.2, -0.15) is 0 Å². The van der Waals surface area contributed by atoms with E-state index >= 15 is 0 Å². The van der Waals surface area contributed by atoms with E-state index in [2.05, 4.69) is 44.9 Å². The quantitative estimate of drug-likeness (QED) is 0.177. The standard InChI is InChI=1S/C50H50N6O12/c57-43-31-65-37-13-1-2-14-38(37)66-32-44(58)52-20-26-55(25-19-51-43)23-5-7-29-63-41-17-9-11-35-47(41)50(62)48-36(49(35)61)12-10-18-42(48)64-30-8-6-24-56-27-21-53-45(59)33-67-39-15-3-4-16-40(39)68-34-46(60)54-22-28-56/h1-4,9-18H,19-34H2,(H,51,57)(H,52,58)(H,53,59)(H,54,60). The van der Waals surface area contributed by atoms with Gasteiger partial charge in [0.2, 0.25) is 5.78 Å². The van der Waals surface area contributed by atoms with Crippen LogP contribution in [0.1, 0.15) is 31.8 Å². The number of para-hydroxylation sites is 4. The fraction of sp³-hybridized carbons (Fsp3) is 0.320. The molecular formula is C50H50N6O12. The smallest absolute Gasteiger partial charge is 0.257 e. The van der Waals surface area contributed by atoms with Gasteiger partial charge in [0.1, 0.15) is 24.7 Å². The van der Waals surface area contributed by atoms with Crippen molar-refractivity contribution in [2.24, 2.45) is 0 Å². The molecule has 0 fully saturated rings. The number of carbonyl (C=O) groups is 6. The van der Waals surface area contributed by atoms with Crippen LogP contribution in [0.25, 0.3) is 0 Å². The highest BCUT2D eigenvalue weighted by molar-refractivity contribution is 6.30. The Morgan fingerprint density at radius 1 is 0.426 bits per heavy atom. The average Bonchev–Trinajstić information content (AvgIpc) is 3.35. The molecule has 4 N–H and O–H groups in total. The predicted molar refractivity (Wildman–Crippen MR) is 246 cm³/mol. The number of benzene rings is 4. The number of nitrogens with zero attached hydrogens (tertiary/aromatic N) is 2. The zero-order valence-corrected chi connectivity index (χ0v) is 37.2. The van der Waals surface area contributed by atoms with E-state index in [-0.39, 0.29) is 116 Å². The van der Waals surface area contributed by atoms with Gasteiger partial charge in [-0.25, -0.2) is 0 Å². The van der Waals surface area contributed by atoms with E-state index in [9.17, 15) is 28.8 Å². The zero-order valence-electron chi connectivity index (χ0n) is 37.2. The van der Waals surface area contributed by atoms with Crippen LogP contribution in [0, 0.1) is 23.7 Å². The molecule has 352 valence electrons. The molecule has 3 aliphatic rings. The molecule has 4 amide bonds. The van der Waals surface area contributed by atoms with Crippen LogP contribution < -0.4 is 49.7 Å². The minimum Gasteiger partial charge on any atom is -0.480 e. The number of hydrogen-bond donors (Lipinski definition) is 4. The van der Waals surface area contributed by atoms with Crippen LogP contribution in [-0.4, -0.2) is 150 Å². The summed E-state index contributed by atoms with van der Waals surface area (Å²) >= 11 is 0. The van der Waals surface area contributed by atoms with Crippen molar-refractivity contribution in [2.45, 2.75) is 0 Å². The van der Waals surface area contributed by atoms with Gasteiger partial charge in [0, 0.05) is 63.5 Å². The molecule has 0 saturated carbocycles. The monoisotopic (exact) mass is 926 g/mol. The number of amides is 4. The highest BCUT2D eigenvalue weighted by Gasteiger charge is 2.35. The maximum absolute atomic E-state index is 14.2. The number of ketones is 2. The fourth-order valence-corrected chi connectivity index (χ4v) is 7.19. The molecule has 4 aromatic rings. The highest BCUT2D eigenvalue weighted by Crippen LogP contribution is 2.37. The van der Waals surface area contributed by atoms with Crippen molar-refractivity contribution < 1.29 is 57.2 Å². The molecular weight excluding hydrogens is 877 g/mol.